The smallest absolute Gasteiger partial charge is 0.258 e. The van der Waals surface area contributed by atoms with E-state index in [2.05, 4.69) is 9.97 Å². The summed E-state index contributed by atoms with van der Waals surface area (Å²) in [5, 5.41) is 11.4. The third-order valence-corrected chi connectivity index (χ3v) is 3.64. The van der Waals surface area contributed by atoms with Gasteiger partial charge in [0.2, 0.25) is 0 Å². The molecule has 0 bridgehead atoms. The highest BCUT2D eigenvalue weighted by Gasteiger charge is 2.09. The van der Waals surface area contributed by atoms with E-state index in [0.717, 1.165) is 20.8 Å². The molecule has 2 heterocycles. The number of non-ortho nitro benzene ring substituents is 1. The van der Waals surface area contributed by atoms with E-state index >= 15 is 0 Å². The molecule has 5 nitrogen and oxygen atoms in total. The van der Waals surface area contributed by atoms with E-state index in [4.69, 9.17) is 0 Å². The van der Waals surface area contributed by atoms with Gasteiger partial charge in [0.1, 0.15) is 10.5 Å². The number of nitro benzene ring substituents is 1. The zero-order chi connectivity index (χ0) is 12.5. The second kappa shape index (κ2) is 4.15. The van der Waals surface area contributed by atoms with E-state index in [9.17, 15) is 10.1 Å². The molecule has 0 fully saturated rings. The van der Waals surface area contributed by atoms with E-state index in [0.29, 0.717) is 0 Å². The lowest BCUT2D eigenvalue weighted by Crippen LogP contribution is -1.96. The summed E-state index contributed by atoms with van der Waals surface area (Å²) in [4.78, 5) is 17.6. The Hall–Kier alpha value is -2.34. The second-order valence-electron chi connectivity index (χ2n) is 3.72. The predicted molar refractivity (Wildman–Crippen MR) is 68.3 cm³/mol. The average Bonchev–Trinajstić information content (AvgIpc) is 2.82. The van der Waals surface area contributed by atoms with Crippen molar-refractivity contribution in [3.8, 4) is 10.6 Å². The number of hydrogen-bond acceptors (Lipinski definition) is 4. The molecule has 0 saturated heterocycles. The van der Waals surface area contributed by atoms with Gasteiger partial charge in [0.05, 0.1) is 9.62 Å². The second-order valence-corrected chi connectivity index (χ2v) is 4.75. The zero-order valence-electron chi connectivity index (χ0n) is 9.16. The molecule has 0 aliphatic rings. The molecule has 1 N–H and O–H groups in total. The van der Waals surface area contributed by atoms with Crippen LogP contribution in [0.1, 0.15) is 0 Å². The molecule has 0 aliphatic carbocycles. The van der Waals surface area contributed by atoms with Crippen molar-refractivity contribution in [3.05, 3.63) is 52.8 Å². The third kappa shape index (κ3) is 1.82. The first-order valence-corrected chi connectivity index (χ1v) is 6.07. The summed E-state index contributed by atoms with van der Waals surface area (Å²) in [7, 11) is 0. The topological polar surface area (TPSA) is 70.2 Å². The lowest BCUT2D eigenvalue weighted by molar-refractivity contribution is -0.384. The molecule has 0 aliphatic heterocycles. The van der Waals surface area contributed by atoms with Gasteiger partial charge in [-0.3, -0.25) is 10.1 Å². The molecule has 0 radical (unpaired) electrons. The largest absolute Gasteiger partial charge is 0.269 e. The number of pyridine rings is 1. The quantitative estimate of drug-likeness (QED) is 0.524. The number of nitrogens with one attached hydrogen (secondary N) is 1. The molecule has 1 aromatic carbocycles. The first-order valence-electron chi connectivity index (χ1n) is 5.25. The predicted octanol–water partition coefficient (Wildman–Crippen LogP) is 2.69. The fourth-order valence-electron chi connectivity index (χ4n) is 1.67. The molecule has 6 heteroatoms. The molecule has 3 aromatic rings. The Morgan fingerprint density at radius 1 is 1.22 bits per heavy atom. The first-order chi connectivity index (χ1) is 8.74. The van der Waals surface area contributed by atoms with Crippen LogP contribution in [-0.2, 0) is 0 Å². The summed E-state index contributed by atoms with van der Waals surface area (Å²) in [5.41, 5.74) is 1.88. The molecule has 0 unspecified atom stereocenters. The van der Waals surface area contributed by atoms with Gasteiger partial charge in [-0.15, -0.1) is 11.3 Å². The van der Waals surface area contributed by atoms with E-state index < -0.39 is 4.92 Å². The molecule has 3 rings (SSSR count). The molecular weight excluding hydrogens is 250 g/mol. The van der Waals surface area contributed by atoms with Crippen molar-refractivity contribution in [2.45, 2.75) is 0 Å². The van der Waals surface area contributed by atoms with Gasteiger partial charge in [0.25, 0.3) is 5.69 Å². The SMILES string of the molecule is O=[N+]([O-])c1ccc(-c2nc3c[nH+]ccc3s2)cc1. The van der Waals surface area contributed by atoms with Crippen LogP contribution in [0.4, 0.5) is 5.69 Å². The van der Waals surface area contributed by atoms with Crippen molar-refractivity contribution in [2.75, 3.05) is 0 Å². The number of benzene rings is 1. The Bertz CT molecular complexity index is 689. The van der Waals surface area contributed by atoms with Crippen molar-refractivity contribution in [2.24, 2.45) is 0 Å². The zero-order valence-corrected chi connectivity index (χ0v) is 9.98. The Balaban J connectivity index is 2.06. The highest BCUT2D eigenvalue weighted by Crippen LogP contribution is 2.29. The summed E-state index contributed by atoms with van der Waals surface area (Å²) in [6, 6.07) is 8.39. The van der Waals surface area contributed by atoms with Crippen LogP contribution in [0.25, 0.3) is 20.8 Å². The van der Waals surface area contributed by atoms with E-state index in [1.54, 1.807) is 23.5 Å². The van der Waals surface area contributed by atoms with Gasteiger partial charge in [-0.25, -0.2) is 9.97 Å². The maximum atomic E-state index is 10.6. The lowest BCUT2D eigenvalue weighted by Gasteiger charge is -1.94. The van der Waals surface area contributed by atoms with Crippen LogP contribution in [-0.4, -0.2) is 9.91 Å². The van der Waals surface area contributed by atoms with Gasteiger partial charge in [-0.05, 0) is 12.1 Å². The van der Waals surface area contributed by atoms with Gasteiger partial charge in [-0.2, -0.15) is 0 Å². The van der Waals surface area contributed by atoms with Crippen molar-refractivity contribution in [1.29, 1.82) is 0 Å². The molecular formula is C12H8N3O2S+. The Morgan fingerprint density at radius 3 is 2.67 bits per heavy atom. The molecule has 0 amide bonds. The summed E-state index contributed by atoms with van der Waals surface area (Å²) < 4.78 is 1.09. The summed E-state index contributed by atoms with van der Waals surface area (Å²) in [5.74, 6) is 0. The number of aromatic amines is 1. The Kier molecular flexibility index (Phi) is 2.49. The Morgan fingerprint density at radius 2 is 2.00 bits per heavy atom. The van der Waals surface area contributed by atoms with Crippen LogP contribution in [0, 0.1) is 10.1 Å². The number of aromatic nitrogens is 2. The van der Waals surface area contributed by atoms with E-state index in [1.807, 2.05) is 18.5 Å². The van der Waals surface area contributed by atoms with Crippen molar-refractivity contribution >= 4 is 27.2 Å². The van der Waals surface area contributed by atoms with Gasteiger partial charge < -0.3 is 0 Å². The number of thiazole rings is 1. The molecule has 0 saturated carbocycles. The number of fused-ring (bicyclic) bond motifs is 1. The van der Waals surface area contributed by atoms with Gasteiger partial charge in [0, 0.05) is 23.8 Å². The maximum absolute atomic E-state index is 10.6. The van der Waals surface area contributed by atoms with Crippen molar-refractivity contribution in [3.63, 3.8) is 0 Å². The van der Waals surface area contributed by atoms with Crippen LogP contribution in [0.5, 0.6) is 0 Å². The fourth-order valence-corrected chi connectivity index (χ4v) is 2.62. The molecule has 88 valence electrons. The van der Waals surface area contributed by atoms with E-state index in [1.165, 1.54) is 12.1 Å². The molecule has 0 atom stereocenters. The normalized spacial score (nSPS) is 10.7. The van der Waals surface area contributed by atoms with Gasteiger partial charge in [0.15, 0.2) is 12.4 Å². The fraction of sp³-hybridized carbons (Fsp3) is 0. The molecule has 2 aromatic heterocycles. The molecule has 0 spiro atoms. The summed E-state index contributed by atoms with van der Waals surface area (Å²) >= 11 is 1.56. The number of rotatable bonds is 2. The van der Waals surface area contributed by atoms with E-state index in [-0.39, 0.29) is 5.69 Å². The standard InChI is InChI=1S/C12H7N3O2S/c16-15(17)9-3-1-8(2-4-9)12-14-10-7-13-6-5-11(10)18-12/h1-7H/p+1. The maximum Gasteiger partial charge on any atom is 0.269 e. The first kappa shape index (κ1) is 10.8. The monoisotopic (exact) mass is 258 g/mol. The summed E-state index contributed by atoms with van der Waals surface area (Å²) in [6.45, 7) is 0. The molecule has 18 heavy (non-hydrogen) atoms. The van der Waals surface area contributed by atoms with Crippen LogP contribution in [0.2, 0.25) is 0 Å². The van der Waals surface area contributed by atoms with Gasteiger partial charge >= 0.3 is 0 Å². The lowest BCUT2D eigenvalue weighted by atomic mass is 10.2. The number of H-pyrrole nitrogens is 1. The van der Waals surface area contributed by atoms with Crippen molar-refractivity contribution in [1.82, 2.24) is 4.98 Å². The minimum Gasteiger partial charge on any atom is -0.258 e. The van der Waals surface area contributed by atoms with Crippen molar-refractivity contribution < 1.29 is 9.91 Å². The third-order valence-electron chi connectivity index (χ3n) is 2.56. The Labute approximate surface area is 106 Å². The number of nitro groups is 1. The minimum atomic E-state index is -0.406. The number of hydrogen-bond donors (Lipinski definition) is 0. The highest BCUT2D eigenvalue weighted by atomic mass is 32.1. The van der Waals surface area contributed by atoms with Crippen LogP contribution in [0.3, 0.4) is 0 Å². The van der Waals surface area contributed by atoms with Crippen LogP contribution < -0.4 is 4.98 Å². The van der Waals surface area contributed by atoms with Gasteiger partial charge in [-0.1, -0.05) is 0 Å². The highest BCUT2D eigenvalue weighted by molar-refractivity contribution is 7.21. The van der Waals surface area contributed by atoms with Crippen LogP contribution >= 0.6 is 11.3 Å². The minimum absolute atomic E-state index is 0.0909. The number of nitrogens with zero attached hydrogens (tertiary/aromatic N) is 2. The van der Waals surface area contributed by atoms with Crippen LogP contribution in [0.15, 0.2) is 42.7 Å². The average molecular weight is 258 g/mol. The summed E-state index contributed by atoms with van der Waals surface area (Å²) in [6.07, 6.45) is 3.68.